The third-order valence-electron chi connectivity index (χ3n) is 2.89. The molecule has 6 heteroatoms. The number of benzene rings is 1. The van der Waals surface area contributed by atoms with Gasteiger partial charge >= 0.3 is 0 Å². The maximum absolute atomic E-state index is 10.4. The van der Waals surface area contributed by atoms with Gasteiger partial charge in [0.25, 0.3) is 0 Å². The molecule has 1 heterocycles. The molecule has 1 aromatic heterocycles. The van der Waals surface area contributed by atoms with Gasteiger partial charge in [-0.15, -0.1) is 11.3 Å². The first-order valence-electron chi connectivity index (χ1n) is 5.88. The number of hydrogen-bond acceptors (Lipinski definition) is 4. The van der Waals surface area contributed by atoms with E-state index in [-0.39, 0.29) is 0 Å². The van der Waals surface area contributed by atoms with Crippen LogP contribution in [-0.4, -0.2) is 19.3 Å². The van der Waals surface area contributed by atoms with Crippen LogP contribution in [0.4, 0.5) is 0 Å². The number of hydrogen-bond donors (Lipinski definition) is 1. The summed E-state index contributed by atoms with van der Waals surface area (Å²) in [5.74, 6) is 0.991. The largest absolute Gasteiger partial charge is 0.493 e. The minimum atomic E-state index is -0.687. The lowest BCUT2D eigenvalue weighted by Crippen LogP contribution is -2.03. The van der Waals surface area contributed by atoms with Crippen molar-refractivity contribution >= 4 is 38.9 Å². The smallest absolute Gasteiger partial charge is 0.179 e. The molecule has 20 heavy (non-hydrogen) atoms. The lowest BCUT2D eigenvalue weighted by molar-refractivity contribution is 0.179. The SMILES string of the molecule is COc1ccc(C(O)Cc2cc(Br)cs2)c(Cl)c1OC. The number of aliphatic hydroxyl groups is 1. The fourth-order valence-corrected chi connectivity index (χ4v) is 3.77. The third kappa shape index (κ3) is 3.28. The van der Waals surface area contributed by atoms with Crippen molar-refractivity contribution in [2.75, 3.05) is 14.2 Å². The number of thiophene rings is 1. The van der Waals surface area contributed by atoms with Crippen LogP contribution in [0, 0.1) is 0 Å². The molecular formula is C14H14BrClO3S. The number of methoxy groups -OCH3 is 2. The van der Waals surface area contributed by atoms with Crippen molar-refractivity contribution in [3.8, 4) is 11.5 Å². The summed E-state index contributed by atoms with van der Waals surface area (Å²) in [5.41, 5.74) is 0.633. The quantitative estimate of drug-likeness (QED) is 0.836. The number of aliphatic hydroxyl groups excluding tert-OH is 1. The van der Waals surface area contributed by atoms with Crippen LogP contribution < -0.4 is 9.47 Å². The molecular weight excluding hydrogens is 364 g/mol. The van der Waals surface area contributed by atoms with E-state index in [9.17, 15) is 5.11 Å². The Morgan fingerprint density at radius 1 is 1.35 bits per heavy atom. The van der Waals surface area contributed by atoms with Crippen molar-refractivity contribution < 1.29 is 14.6 Å². The van der Waals surface area contributed by atoms with E-state index in [0.29, 0.717) is 28.5 Å². The van der Waals surface area contributed by atoms with Crippen molar-refractivity contribution in [3.05, 3.63) is 43.5 Å². The highest BCUT2D eigenvalue weighted by atomic mass is 79.9. The van der Waals surface area contributed by atoms with Crippen LogP contribution in [0.5, 0.6) is 11.5 Å². The molecule has 0 aliphatic heterocycles. The molecule has 2 rings (SSSR count). The van der Waals surface area contributed by atoms with Gasteiger partial charge in [0.15, 0.2) is 11.5 Å². The second-order valence-electron chi connectivity index (χ2n) is 4.16. The fraction of sp³-hybridized carbons (Fsp3) is 0.286. The Morgan fingerprint density at radius 3 is 2.65 bits per heavy atom. The molecule has 1 atom stereocenters. The van der Waals surface area contributed by atoms with E-state index in [0.717, 1.165) is 9.35 Å². The van der Waals surface area contributed by atoms with Gasteiger partial charge in [0.2, 0.25) is 0 Å². The van der Waals surface area contributed by atoms with Crippen molar-refractivity contribution in [2.24, 2.45) is 0 Å². The van der Waals surface area contributed by atoms with E-state index in [1.165, 1.54) is 7.11 Å². The summed E-state index contributed by atoms with van der Waals surface area (Å²) in [5, 5.41) is 12.7. The molecule has 0 radical (unpaired) electrons. The van der Waals surface area contributed by atoms with E-state index in [2.05, 4.69) is 15.9 Å². The Labute approximate surface area is 135 Å². The zero-order valence-electron chi connectivity index (χ0n) is 11.0. The van der Waals surface area contributed by atoms with Crippen molar-refractivity contribution in [3.63, 3.8) is 0 Å². The maximum atomic E-state index is 10.4. The molecule has 1 N–H and O–H groups in total. The standard InChI is InChI=1S/C14H14BrClO3S/c1-18-12-4-3-10(13(16)14(12)19-2)11(17)6-9-5-8(15)7-20-9/h3-5,7,11,17H,6H2,1-2H3. The van der Waals surface area contributed by atoms with Crippen LogP contribution in [0.2, 0.25) is 5.02 Å². The van der Waals surface area contributed by atoms with Gasteiger partial charge in [0.05, 0.1) is 25.3 Å². The second kappa shape index (κ2) is 6.80. The summed E-state index contributed by atoms with van der Waals surface area (Å²) in [4.78, 5) is 1.08. The van der Waals surface area contributed by atoms with Crippen molar-refractivity contribution in [1.82, 2.24) is 0 Å². The monoisotopic (exact) mass is 376 g/mol. The first kappa shape index (κ1) is 15.6. The Bertz CT molecular complexity index is 600. The normalized spacial score (nSPS) is 12.2. The lowest BCUT2D eigenvalue weighted by Gasteiger charge is -2.16. The Balaban J connectivity index is 2.28. The molecule has 0 amide bonds. The maximum Gasteiger partial charge on any atom is 0.179 e. The molecule has 0 saturated heterocycles. The Hall–Kier alpha value is -0.750. The van der Waals surface area contributed by atoms with Gasteiger partial charge in [0.1, 0.15) is 0 Å². The van der Waals surface area contributed by atoms with E-state index in [1.54, 1.807) is 30.6 Å². The molecule has 0 saturated carbocycles. The topological polar surface area (TPSA) is 38.7 Å². The molecule has 0 aliphatic carbocycles. The summed E-state index contributed by atoms with van der Waals surface area (Å²) in [7, 11) is 3.07. The van der Waals surface area contributed by atoms with Crippen LogP contribution in [0.1, 0.15) is 16.5 Å². The molecule has 3 nitrogen and oxygen atoms in total. The number of rotatable bonds is 5. The second-order valence-corrected chi connectivity index (χ2v) is 6.44. The highest BCUT2D eigenvalue weighted by molar-refractivity contribution is 9.10. The molecule has 0 spiro atoms. The first-order valence-corrected chi connectivity index (χ1v) is 7.93. The van der Waals surface area contributed by atoms with Gasteiger partial charge in [-0.05, 0) is 28.1 Å². The van der Waals surface area contributed by atoms with Crippen molar-refractivity contribution in [2.45, 2.75) is 12.5 Å². The lowest BCUT2D eigenvalue weighted by atomic mass is 10.0. The first-order chi connectivity index (χ1) is 9.56. The van der Waals surface area contributed by atoms with Crippen LogP contribution in [0.25, 0.3) is 0 Å². The minimum absolute atomic E-state index is 0.384. The summed E-state index contributed by atoms with van der Waals surface area (Å²) in [6.45, 7) is 0. The van der Waals surface area contributed by atoms with E-state index >= 15 is 0 Å². The van der Waals surface area contributed by atoms with E-state index in [4.69, 9.17) is 21.1 Å². The minimum Gasteiger partial charge on any atom is -0.493 e. The zero-order chi connectivity index (χ0) is 14.7. The molecule has 1 aromatic carbocycles. The summed E-state index contributed by atoms with van der Waals surface area (Å²) in [6, 6.07) is 5.49. The molecule has 0 bridgehead atoms. The molecule has 0 fully saturated rings. The summed E-state index contributed by atoms with van der Waals surface area (Å²) in [6.07, 6.45) is -0.182. The van der Waals surface area contributed by atoms with E-state index < -0.39 is 6.10 Å². The molecule has 0 aliphatic rings. The molecule has 108 valence electrons. The van der Waals surface area contributed by atoms with Crippen LogP contribution in [0.15, 0.2) is 28.1 Å². The highest BCUT2D eigenvalue weighted by Gasteiger charge is 2.19. The van der Waals surface area contributed by atoms with Gasteiger partial charge in [0, 0.05) is 26.7 Å². The highest BCUT2D eigenvalue weighted by Crippen LogP contribution is 2.40. The third-order valence-corrected chi connectivity index (χ3v) is 5.00. The average molecular weight is 378 g/mol. The van der Waals surface area contributed by atoms with Gasteiger partial charge in [-0.2, -0.15) is 0 Å². The fourth-order valence-electron chi connectivity index (χ4n) is 1.92. The van der Waals surface area contributed by atoms with Crippen LogP contribution >= 0.6 is 38.9 Å². The Morgan fingerprint density at radius 2 is 2.10 bits per heavy atom. The molecule has 2 aromatic rings. The predicted molar refractivity (Wildman–Crippen MR) is 85.2 cm³/mol. The van der Waals surface area contributed by atoms with Crippen molar-refractivity contribution in [1.29, 1.82) is 0 Å². The number of ether oxygens (including phenoxy) is 2. The zero-order valence-corrected chi connectivity index (χ0v) is 14.2. The van der Waals surface area contributed by atoms with Crippen LogP contribution in [-0.2, 0) is 6.42 Å². The Kier molecular flexibility index (Phi) is 5.32. The molecule has 1 unspecified atom stereocenters. The summed E-state index contributed by atoms with van der Waals surface area (Å²) < 4.78 is 11.4. The van der Waals surface area contributed by atoms with Gasteiger partial charge in [-0.3, -0.25) is 0 Å². The predicted octanol–water partition coefficient (Wildman–Crippen LogP) is 4.46. The van der Waals surface area contributed by atoms with Gasteiger partial charge < -0.3 is 14.6 Å². The van der Waals surface area contributed by atoms with E-state index in [1.807, 2.05) is 11.4 Å². The van der Waals surface area contributed by atoms with Gasteiger partial charge in [-0.1, -0.05) is 17.7 Å². The average Bonchev–Trinajstić information content (AvgIpc) is 2.83. The summed E-state index contributed by atoms with van der Waals surface area (Å²) >= 11 is 11.3. The van der Waals surface area contributed by atoms with Crippen LogP contribution in [0.3, 0.4) is 0 Å². The number of halogens is 2. The van der Waals surface area contributed by atoms with Gasteiger partial charge in [-0.25, -0.2) is 0 Å².